The van der Waals surface area contributed by atoms with Crippen LogP contribution in [-0.4, -0.2) is 41.3 Å². The fraction of sp³-hybridized carbons (Fsp3) is 0.389. The number of aryl methyl sites for hydroxylation is 1. The number of amides is 2. The molecule has 1 aliphatic heterocycles. The molecule has 1 heterocycles. The maximum absolute atomic E-state index is 12.4. The zero-order valence-corrected chi connectivity index (χ0v) is 15.7. The molecule has 0 aliphatic carbocycles. The zero-order valence-electron chi connectivity index (χ0n) is 14.9. The molecule has 25 heavy (non-hydrogen) atoms. The van der Waals surface area contributed by atoms with Gasteiger partial charge in [-0.2, -0.15) is 0 Å². The molecule has 1 aromatic rings. The van der Waals surface area contributed by atoms with Gasteiger partial charge in [-0.05, 0) is 68.8 Å². The van der Waals surface area contributed by atoms with Crippen LogP contribution in [0, 0.1) is 6.92 Å². The summed E-state index contributed by atoms with van der Waals surface area (Å²) in [6.45, 7) is 6.69. The van der Waals surface area contributed by atoms with Crippen LogP contribution in [0.2, 0.25) is 0 Å². The lowest BCUT2D eigenvalue weighted by Crippen LogP contribution is -2.37. The molecule has 7 heteroatoms. The lowest BCUT2D eigenvalue weighted by Gasteiger charge is -2.21. The topological polar surface area (TPSA) is 72.9 Å². The highest BCUT2D eigenvalue weighted by molar-refractivity contribution is 8.18. The number of rotatable bonds is 4. The molecule has 1 aromatic carbocycles. The third-order valence-electron chi connectivity index (χ3n) is 3.30. The van der Waals surface area contributed by atoms with Gasteiger partial charge >= 0.3 is 5.97 Å². The highest BCUT2D eigenvalue weighted by Crippen LogP contribution is 2.32. The number of imide groups is 1. The lowest BCUT2D eigenvalue weighted by molar-refractivity contribution is -0.156. The van der Waals surface area contributed by atoms with Crippen molar-refractivity contribution in [3.05, 3.63) is 34.2 Å². The van der Waals surface area contributed by atoms with Crippen molar-refractivity contribution in [2.75, 3.05) is 13.7 Å². The Bertz CT molecular complexity index is 748. The van der Waals surface area contributed by atoms with Gasteiger partial charge in [0.2, 0.25) is 0 Å². The van der Waals surface area contributed by atoms with Gasteiger partial charge in [-0.25, -0.2) is 0 Å². The molecule has 2 amide bonds. The molecule has 0 aromatic heterocycles. The van der Waals surface area contributed by atoms with Crippen molar-refractivity contribution in [1.29, 1.82) is 0 Å². The summed E-state index contributed by atoms with van der Waals surface area (Å²) in [5.41, 5.74) is 1.03. The van der Waals surface area contributed by atoms with E-state index in [1.165, 1.54) is 0 Å². The van der Waals surface area contributed by atoms with Gasteiger partial charge in [-0.15, -0.1) is 0 Å². The largest absolute Gasteiger partial charge is 0.496 e. The molecular weight excluding hydrogens is 342 g/mol. The number of benzene rings is 1. The van der Waals surface area contributed by atoms with Gasteiger partial charge in [0, 0.05) is 0 Å². The van der Waals surface area contributed by atoms with E-state index in [-0.39, 0.29) is 11.4 Å². The molecule has 0 saturated carbocycles. The number of esters is 1. The predicted molar refractivity (Wildman–Crippen MR) is 96.3 cm³/mol. The molecule has 0 spiro atoms. The van der Waals surface area contributed by atoms with E-state index in [9.17, 15) is 14.4 Å². The summed E-state index contributed by atoms with van der Waals surface area (Å²) < 4.78 is 10.4. The molecule has 134 valence electrons. The summed E-state index contributed by atoms with van der Waals surface area (Å²) in [4.78, 5) is 37.5. The van der Waals surface area contributed by atoms with E-state index in [1.807, 2.05) is 13.0 Å². The van der Waals surface area contributed by atoms with Crippen molar-refractivity contribution in [2.45, 2.75) is 33.3 Å². The fourth-order valence-electron chi connectivity index (χ4n) is 2.28. The number of nitrogens with zero attached hydrogens (tertiary/aromatic N) is 1. The van der Waals surface area contributed by atoms with E-state index < -0.39 is 22.7 Å². The van der Waals surface area contributed by atoms with E-state index in [1.54, 1.807) is 46.1 Å². The monoisotopic (exact) mass is 363 g/mol. The molecule has 1 aliphatic rings. The molecule has 0 radical (unpaired) electrons. The molecule has 1 saturated heterocycles. The summed E-state index contributed by atoms with van der Waals surface area (Å²) in [6.07, 6.45) is 1.63. The van der Waals surface area contributed by atoms with E-state index >= 15 is 0 Å². The van der Waals surface area contributed by atoms with Crippen LogP contribution in [0.25, 0.3) is 6.08 Å². The normalized spacial score (nSPS) is 16.5. The average molecular weight is 363 g/mol. The van der Waals surface area contributed by atoms with Crippen LogP contribution in [0.15, 0.2) is 23.1 Å². The Balaban J connectivity index is 2.15. The quantitative estimate of drug-likeness (QED) is 0.603. The summed E-state index contributed by atoms with van der Waals surface area (Å²) in [5.74, 6) is -0.360. The number of thioether (sulfide) groups is 1. The maximum Gasteiger partial charge on any atom is 0.326 e. The SMILES string of the molecule is COc1ccc(/C=C2\SC(=O)N(CC(=O)OC(C)(C)C)C2=O)cc1C. The van der Waals surface area contributed by atoms with Gasteiger partial charge in [0.1, 0.15) is 17.9 Å². The number of ether oxygens (including phenoxy) is 2. The van der Waals surface area contributed by atoms with Crippen molar-refractivity contribution in [3.63, 3.8) is 0 Å². The minimum atomic E-state index is -0.671. The first-order valence-corrected chi connectivity index (χ1v) is 8.54. The average Bonchev–Trinajstić information content (AvgIpc) is 2.73. The standard InChI is InChI=1S/C18H21NO5S/c1-11-8-12(6-7-13(11)23-5)9-14-16(21)19(17(22)25-14)10-15(20)24-18(2,3)4/h6-9H,10H2,1-5H3/b14-9-. The van der Waals surface area contributed by atoms with Gasteiger partial charge in [-0.3, -0.25) is 19.3 Å². The Hall–Kier alpha value is -2.28. The number of carbonyl (C=O) groups excluding carboxylic acids is 3. The minimum Gasteiger partial charge on any atom is -0.496 e. The van der Waals surface area contributed by atoms with Gasteiger partial charge < -0.3 is 9.47 Å². The smallest absolute Gasteiger partial charge is 0.326 e. The van der Waals surface area contributed by atoms with Crippen LogP contribution >= 0.6 is 11.8 Å². The fourth-order valence-corrected chi connectivity index (χ4v) is 3.12. The summed E-state index contributed by atoms with van der Waals surface area (Å²) >= 11 is 0.812. The molecule has 0 unspecified atom stereocenters. The van der Waals surface area contributed by atoms with Gasteiger partial charge in [-0.1, -0.05) is 6.07 Å². The highest BCUT2D eigenvalue weighted by Gasteiger charge is 2.37. The van der Waals surface area contributed by atoms with Crippen LogP contribution in [0.5, 0.6) is 5.75 Å². The van der Waals surface area contributed by atoms with Crippen LogP contribution in [0.1, 0.15) is 31.9 Å². The number of hydrogen-bond acceptors (Lipinski definition) is 6. The number of carbonyl (C=O) groups is 3. The molecule has 1 fully saturated rings. The minimum absolute atomic E-state index is 0.276. The Kier molecular flexibility index (Phi) is 5.57. The number of hydrogen-bond donors (Lipinski definition) is 0. The zero-order chi connectivity index (χ0) is 18.8. The van der Waals surface area contributed by atoms with Crippen molar-refractivity contribution in [2.24, 2.45) is 0 Å². The Morgan fingerprint density at radius 1 is 1.28 bits per heavy atom. The van der Waals surface area contributed by atoms with Crippen molar-refractivity contribution < 1.29 is 23.9 Å². The summed E-state index contributed by atoms with van der Waals surface area (Å²) in [7, 11) is 1.59. The van der Waals surface area contributed by atoms with E-state index in [0.717, 1.165) is 33.5 Å². The predicted octanol–water partition coefficient (Wildman–Crippen LogP) is 3.38. The van der Waals surface area contributed by atoms with Crippen molar-refractivity contribution >= 4 is 35.0 Å². The second kappa shape index (κ2) is 7.31. The third kappa shape index (κ3) is 4.85. The van der Waals surface area contributed by atoms with Gasteiger partial charge in [0.05, 0.1) is 12.0 Å². The van der Waals surface area contributed by atoms with Crippen LogP contribution in [0.4, 0.5) is 4.79 Å². The molecule has 0 bridgehead atoms. The van der Waals surface area contributed by atoms with E-state index in [4.69, 9.17) is 9.47 Å². The molecule has 2 rings (SSSR count). The molecule has 0 N–H and O–H groups in total. The molecule has 0 atom stereocenters. The lowest BCUT2D eigenvalue weighted by atomic mass is 10.1. The second-order valence-electron chi connectivity index (χ2n) is 6.58. The van der Waals surface area contributed by atoms with E-state index in [0.29, 0.717) is 0 Å². The Morgan fingerprint density at radius 2 is 1.96 bits per heavy atom. The molecule has 6 nitrogen and oxygen atoms in total. The Labute approximate surface area is 151 Å². The third-order valence-corrected chi connectivity index (χ3v) is 4.20. The molecular formula is C18H21NO5S. The van der Waals surface area contributed by atoms with Crippen LogP contribution in [-0.2, 0) is 14.3 Å². The number of methoxy groups -OCH3 is 1. The van der Waals surface area contributed by atoms with Crippen LogP contribution in [0.3, 0.4) is 0 Å². The van der Waals surface area contributed by atoms with Gasteiger partial charge in [0.25, 0.3) is 11.1 Å². The Morgan fingerprint density at radius 3 is 2.52 bits per heavy atom. The summed E-state index contributed by atoms with van der Waals surface area (Å²) in [6, 6.07) is 5.46. The van der Waals surface area contributed by atoms with Crippen molar-refractivity contribution in [3.8, 4) is 5.75 Å². The highest BCUT2D eigenvalue weighted by atomic mass is 32.2. The van der Waals surface area contributed by atoms with Crippen molar-refractivity contribution in [1.82, 2.24) is 4.90 Å². The first kappa shape index (κ1) is 19.1. The summed E-state index contributed by atoms with van der Waals surface area (Å²) in [5, 5.41) is -0.479. The van der Waals surface area contributed by atoms with E-state index in [2.05, 4.69) is 0 Å². The first-order valence-electron chi connectivity index (χ1n) is 7.72. The second-order valence-corrected chi connectivity index (χ2v) is 7.58. The van der Waals surface area contributed by atoms with Gasteiger partial charge in [0.15, 0.2) is 0 Å². The van der Waals surface area contributed by atoms with Crippen LogP contribution < -0.4 is 4.74 Å². The first-order chi connectivity index (χ1) is 11.6. The maximum atomic E-state index is 12.4.